The third-order valence-electron chi connectivity index (χ3n) is 3.52. The first kappa shape index (κ1) is 14.0. The summed E-state index contributed by atoms with van der Waals surface area (Å²) in [5, 5.41) is 12.5. The van der Waals surface area contributed by atoms with E-state index in [-0.39, 0.29) is 0 Å². The van der Waals surface area contributed by atoms with E-state index < -0.39 is 11.9 Å². The molecule has 1 aromatic rings. The minimum Gasteiger partial charge on any atom is -0.481 e. The van der Waals surface area contributed by atoms with Crippen molar-refractivity contribution in [2.45, 2.75) is 31.3 Å². The van der Waals surface area contributed by atoms with Crippen molar-refractivity contribution in [3.05, 3.63) is 35.9 Å². The molecular formula is C15H21NO3. The molecule has 4 nitrogen and oxygen atoms in total. The molecule has 0 saturated carbocycles. The van der Waals surface area contributed by atoms with E-state index in [0.29, 0.717) is 12.6 Å². The number of carbonyl (C=O) groups is 1. The Hall–Kier alpha value is -1.39. The first-order valence-electron chi connectivity index (χ1n) is 6.87. The summed E-state index contributed by atoms with van der Waals surface area (Å²) < 4.78 is 5.54. The average molecular weight is 263 g/mol. The van der Waals surface area contributed by atoms with E-state index in [2.05, 4.69) is 5.32 Å². The van der Waals surface area contributed by atoms with E-state index in [0.717, 1.165) is 38.0 Å². The Bertz CT molecular complexity index is 388. The maximum absolute atomic E-state index is 11.3. The lowest BCUT2D eigenvalue weighted by Crippen LogP contribution is -2.29. The van der Waals surface area contributed by atoms with E-state index in [4.69, 9.17) is 4.74 Å². The number of ether oxygens (including phenoxy) is 1. The minimum atomic E-state index is -0.782. The van der Waals surface area contributed by atoms with Gasteiger partial charge in [0.25, 0.3) is 0 Å². The molecule has 2 N–H and O–H groups in total. The van der Waals surface area contributed by atoms with Gasteiger partial charge in [-0.05, 0) is 31.4 Å². The summed E-state index contributed by atoms with van der Waals surface area (Å²) in [5.74, 6) is -1.26. The van der Waals surface area contributed by atoms with Crippen LogP contribution in [-0.2, 0) is 9.53 Å². The number of aliphatic carboxylic acids is 1. The van der Waals surface area contributed by atoms with Crippen molar-refractivity contribution in [2.75, 3.05) is 19.7 Å². The lowest BCUT2D eigenvalue weighted by atomic mass is 9.99. The zero-order valence-corrected chi connectivity index (χ0v) is 11.0. The van der Waals surface area contributed by atoms with E-state index in [1.54, 1.807) is 0 Å². The summed E-state index contributed by atoms with van der Waals surface area (Å²) in [6.45, 7) is 2.14. The summed E-state index contributed by atoms with van der Waals surface area (Å²) in [6.07, 6.45) is 3.59. The lowest BCUT2D eigenvalue weighted by Gasteiger charge is -2.15. The summed E-state index contributed by atoms with van der Waals surface area (Å²) in [6, 6.07) is 9.36. The van der Waals surface area contributed by atoms with Gasteiger partial charge in [0.2, 0.25) is 0 Å². The molecule has 0 amide bonds. The van der Waals surface area contributed by atoms with Gasteiger partial charge in [0.05, 0.1) is 12.0 Å². The molecule has 1 aromatic carbocycles. The molecule has 2 atom stereocenters. The van der Waals surface area contributed by atoms with Crippen LogP contribution in [0.5, 0.6) is 0 Å². The van der Waals surface area contributed by atoms with Gasteiger partial charge in [-0.2, -0.15) is 0 Å². The molecule has 1 heterocycles. The number of carboxylic acids is 1. The van der Waals surface area contributed by atoms with Gasteiger partial charge in [0, 0.05) is 13.2 Å². The molecule has 1 aliphatic rings. The Kier molecular flexibility index (Phi) is 5.36. The van der Waals surface area contributed by atoms with Gasteiger partial charge < -0.3 is 15.2 Å². The van der Waals surface area contributed by atoms with Crippen molar-refractivity contribution >= 4 is 5.97 Å². The largest absolute Gasteiger partial charge is 0.481 e. The summed E-state index contributed by atoms with van der Waals surface area (Å²) in [5.41, 5.74) is 0.847. The van der Waals surface area contributed by atoms with Gasteiger partial charge in [0.15, 0.2) is 0 Å². The average Bonchev–Trinajstić information content (AvgIpc) is 2.92. The summed E-state index contributed by atoms with van der Waals surface area (Å²) in [4.78, 5) is 11.3. The molecule has 19 heavy (non-hydrogen) atoms. The highest BCUT2D eigenvalue weighted by Gasteiger charge is 2.19. The fourth-order valence-corrected chi connectivity index (χ4v) is 2.41. The summed E-state index contributed by atoms with van der Waals surface area (Å²) in [7, 11) is 0. The van der Waals surface area contributed by atoms with Crippen LogP contribution in [0, 0.1) is 0 Å². The maximum atomic E-state index is 11.3. The van der Waals surface area contributed by atoms with Crippen LogP contribution in [0.15, 0.2) is 30.3 Å². The Labute approximate surface area is 113 Å². The second kappa shape index (κ2) is 7.26. The van der Waals surface area contributed by atoms with Gasteiger partial charge in [-0.15, -0.1) is 0 Å². The number of carboxylic acid groups (broad SMARTS) is 1. The molecule has 0 aromatic heterocycles. The van der Waals surface area contributed by atoms with Crippen LogP contribution in [0.3, 0.4) is 0 Å². The minimum absolute atomic E-state index is 0.354. The van der Waals surface area contributed by atoms with E-state index in [9.17, 15) is 9.90 Å². The zero-order chi connectivity index (χ0) is 13.5. The lowest BCUT2D eigenvalue weighted by molar-refractivity contribution is -0.138. The van der Waals surface area contributed by atoms with Crippen molar-refractivity contribution < 1.29 is 14.6 Å². The van der Waals surface area contributed by atoms with E-state index in [1.165, 1.54) is 0 Å². The van der Waals surface area contributed by atoms with Crippen LogP contribution in [-0.4, -0.2) is 36.9 Å². The molecule has 1 saturated heterocycles. The van der Waals surface area contributed by atoms with Crippen molar-refractivity contribution in [3.8, 4) is 0 Å². The second-order valence-electron chi connectivity index (χ2n) is 4.93. The fourth-order valence-electron chi connectivity index (χ4n) is 2.41. The third-order valence-corrected chi connectivity index (χ3v) is 3.52. The van der Waals surface area contributed by atoms with Crippen molar-refractivity contribution in [3.63, 3.8) is 0 Å². The molecule has 2 rings (SSSR count). The second-order valence-corrected chi connectivity index (χ2v) is 4.93. The molecule has 1 fully saturated rings. The fraction of sp³-hybridized carbons (Fsp3) is 0.533. The van der Waals surface area contributed by atoms with Crippen LogP contribution in [0.4, 0.5) is 0 Å². The highest BCUT2D eigenvalue weighted by Crippen LogP contribution is 2.16. The van der Waals surface area contributed by atoms with Crippen LogP contribution < -0.4 is 5.32 Å². The molecular weight excluding hydrogens is 242 g/mol. The van der Waals surface area contributed by atoms with Gasteiger partial charge in [-0.1, -0.05) is 30.3 Å². The highest BCUT2D eigenvalue weighted by molar-refractivity contribution is 5.76. The van der Waals surface area contributed by atoms with Gasteiger partial charge in [0.1, 0.15) is 0 Å². The Morgan fingerprint density at radius 1 is 1.42 bits per heavy atom. The number of nitrogens with one attached hydrogen (secondary N) is 1. The first-order valence-corrected chi connectivity index (χ1v) is 6.87. The normalized spacial score (nSPS) is 20.3. The molecule has 2 unspecified atom stereocenters. The highest BCUT2D eigenvalue weighted by atomic mass is 16.5. The van der Waals surface area contributed by atoms with E-state index in [1.807, 2.05) is 30.3 Å². The quantitative estimate of drug-likeness (QED) is 0.739. The van der Waals surface area contributed by atoms with Crippen LogP contribution >= 0.6 is 0 Å². The third kappa shape index (κ3) is 4.33. The van der Waals surface area contributed by atoms with Gasteiger partial charge in [-0.3, -0.25) is 4.79 Å². The maximum Gasteiger partial charge on any atom is 0.312 e. The molecule has 1 aliphatic heterocycles. The zero-order valence-electron chi connectivity index (χ0n) is 11.0. The molecule has 4 heteroatoms. The predicted octanol–water partition coefficient (Wildman–Crippen LogP) is 2.01. The Balaban J connectivity index is 1.76. The molecule has 104 valence electrons. The predicted molar refractivity (Wildman–Crippen MR) is 73.3 cm³/mol. The molecule has 0 spiro atoms. The molecule has 0 bridgehead atoms. The number of rotatable bonds is 7. The van der Waals surface area contributed by atoms with Crippen molar-refractivity contribution in [1.29, 1.82) is 0 Å². The molecule has 0 aliphatic carbocycles. The number of hydrogen-bond acceptors (Lipinski definition) is 3. The SMILES string of the molecule is O=C(O)C(CNCCC1CCCO1)c1ccccc1. The topological polar surface area (TPSA) is 58.6 Å². The Morgan fingerprint density at radius 3 is 2.84 bits per heavy atom. The molecule has 0 radical (unpaired) electrons. The standard InChI is InChI=1S/C15H21NO3/c17-15(18)14(12-5-2-1-3-6-12)11-16-9-8-13-7-4-10-19-13/h1-3,5-6,13-14,16H,4,7-11H2,(H,17,18). The van der Waals surface area contributed by atoms with Gasteiger partial charge >= 0.3 is 5.97 Å². The first-order chi connectivity index (χ1) is 9.27. The monoisotopic (exact) mass is 263 g/mol. The number of benzene rings is 1. The van der Waals surface area contributed by atoms with Crippen molar-refractivity contribution in [1.82, 2.24) is 5.32 Å². The summed E-state index contributed by atoms with van der Waals surface area (Å²) >= 11 is 0. The number of hydrogen-bond donors (Lipinski definition) is 2. The van der Waals surface area contributed by atoms with Gasteiger partial charge in [-0.25, -0.2) is 0 Å². The van der Waals surface area contributed by atoms with Crippen LogP contribution in [0.2, 0.25) is 0 Å². The van der Waals surface area contributed by atoms with Crippen molar-refractivity contribution in [2.24, 2.45) is 0 Å². The smallest absolute Gasteiger partial charge is 0.312 e. The van der Waals surface area contributed by atoms with E-state index >= 15 is 0 Å². The van der Waals surface area contributed by atoms with Crippen LogP contribution in [0.25, 0.3) is 0 Å². The van der Waals surface area contributed by atoms with Crippen LogP contribution in [0.1, 0.15) is 30.7 Å². The Morgan fingerprint density at radius 2 is 2.21 bits per heavy atom.